The lowest BCUT2D eigenvalue weighted by Crippen LogP contribution is -2.49. The lowest BCUT2D eigenvalue weighted by Gasteiger charge is -2.31. The van der Waals surface area contributed by atoms with E-state index in [1.807, 2.05) is 12.1 Å². The van der Waals surface area contributed by atoms with Gasteiger partial charge in [-0.15, -0.1) is 0 Å². The van der Waals surface area contributed by atoms with E-state index < -0.39 is 27.7 Å². The van der Waals surface area contributed by atoms with Gasteiger partial charge in [0.2, 0.25) is 0 Å². The molecule has 0 N–H and O–H groups in total. The third-order valence-corrected chi connectivity index (χ3v) is 7.48. The van der Waals surface area contributed by atoms with Gasteiger partial charge in [-0.25, -0.2) is 8.42 Å². The van der Waals surface area contributed by atoms with E-state index in [0.717, 1.165) is 4.90 Å². The molecule has 1 aromatic heterocycles. The molecule has 2 aromatic rings. The molecule has 7 nitrogen and oxygen atoms in total. The monoisotopic (exact) mass is 456 g/mol. The van der Waals surface area contributed by atoms with Crippen molar-refractivity contribution in [2.45, 2.75) is 19.4 Å². The molecule has 0 saturated carbocycles. The molecule has 1 atom stereocenters. The molecule has 0 radical (unpaired) electrons. The van der Waals surface area contributed by atoms with E-state index in [9.17, 15) is 23.3 Å². The summed E-state index contributed by atoms with van der Waals surface area (Å²) in [6, 6.07) is 11.6. The highest BCUT2D eigenvalue weighted by Gasteiger charge is 2.43. The van der Waals surface area contributed by atoms with Gasteiger partial charge >= 0.3 is 0 Å². The summed E-state index contributed by atoms with van der Waals surface area (Å²) in [4.78, 5) is 26.8. The molecule has 9 heteroatoms. The molecular formula is C22H17ClN2O5S. The van der Waals surface area contributed by atoms with Crippen LogP contribution in [0.15, 0.2) is 57.5 Å². The Morgan fingerprint density at radius 1 is 1.19 bits per heavy atom. The van der Waals surface area contributed by atoms with Gasteiger partial charge < -0.3 is 4.42 Å². The van der Waals surface area contributed by atoms with Crippen molar-refractivity contribution in [1.82, 2.24) is 4.90 Å². The van der Waals surface area contributed by atoms with Gasteiger partial charge in [-0.2, -0.15) is 5.26 Å². The second kappa shape index (κ2) is 7.84. The zero-order valence-corrected chi connectivity index (χ0v) is 18.0. The van der Waals surface area contributed by atoms with E-state index in [-0.39, 0.29) is 34.6 Å². The maximum atomic E-state index is 13.2. The molecule has 2 aliphatic rings. The van der Waals surface area contributed by atoms with Crippen molar-refractivity contribution in [3.05, 3.63) is 63.9 Å². The second-order valence-electron chi connectivity index (χ2n) is 7.39. The highest BCUT2D eigenvalue weighted by molar-refractivity contribution is 7.91. The first-order chi connectivity index (χ1) is 14.7. The minimum atomic E-state index is -3.33. The van der Waals surface area contributed by atoms with Gasteiger partial charge in [0.25, 0.3) is 11.8 Å². The third-order valence-electron chi connectivity index (χ3n) is 5.40. The predicted molar refractivity (Wildman–Crippen MR) is 114 cm³/mol. The fourth-order valence-electron chi connectivity index (χ4n) is 3.79. The van der Waals surface area contributed by atoms with Crippen molar-refractivity contribution < 1.29 is 22.4 Å². The number of sulfone groups is 1. The van der Waals surface area contributed by atoms with Crippen LogP contribution in [-0.2, 0) is 19.4 Å². The van der Waals surface area contributed by atoms with Crippen LogP contribution in [0.5, 0.6) is 0 Å². The van der Waals surface area contributed by atoms with E-state index in [4.69, 9.17) is 16.0 Å². The number of hydrogen-bond donors (Lipinski definition) is 0. The lowest BCUT2D eigenvalue weighted by molar-refractivity contribution is -0.142. The summed E-state index contributed by atoms with van der Waals surface area (Å²) in [6.07, 6.45) is 1.61. The van der Waals surface area contributed by atoms with Crippen molar-refractivity contribution in [3.63, 3.8) is 0 Å². The molecule has 31 heavy (non-hydrogen) atoms. The topological polar surface area (TPSA) is 108 Å². The lowest BCUT2D eigenvalue weighted by atomic mass is 9.93. The van der Waals surface area contributed by atoms with E-state index in [1.165, 1.54) is 13.0 Å². The Kier molecular flexibility index (Phi) is 5.33. The number of imide groups is 1. The van der Waals surface area contributed by atoms with Gasteiger partial charge in [-0.05, 0) is 49.3 Å². The molecule has 1 saturated heterocycles. The maximum absolute atomic E-state index is 13.2. The van der Waals surface area contributed by atoms with Gasteiger partial charge in [-0.3, -0.25) is 14.5 Å². The summed E-state index contributed by atoms with van der Waals surface area (Å²) in [5, 5.41) is 10.0. The average Bonchev–Trinajstić information content (AvgIpc) is 3.32. The van der Waals surface area contributed by atoms with E-state index in [1.54, 1.807) is 30.3 Å². The number of rotatable bonds is 3. The van der Waals surface area contributed by atoms with Crippen LogP contribution in [0.4, 0.5) is 0 Å². The minimum Gasteiger partial charge on any atom is -0.457 e. The van der Waals surface area contributed by atoms with Crippen molar-refractivity contribution in [1.29, 1.82) is 5.26 Å². The molecule has 1 unspecified atom stereocenters. The van der Waals surface area contributed by atoms with Crippen LogP contribution < -0.4 is 0 Å². The van der Waals surface area contributed by atoms with E-state index in [2.05, 4.69) is 0 Å². The number of hydrogen-bond acceptors (Lipinski definition) is 6. The fourth-order valence-corrected chi connectivity index (χ4v) is 5.72. The number of benzene rings is 1. The molecule has 4 rings (SSSR count). The number of nitriles is 1. The van der Waals surface area contributed by atoms with Crippen LogP contribution in [-0.4, -0.2) is 42.7 Å². The number of amides is 2. The Balaban J connectivity index is 1.75. The highest BCUT2D eigenvalue weighted by Crippen LogP contribution is 2.33. The van der Waals surface area contributed by atoms with Gasteiger partial charge in [0.15, 0.2) is 9.84 Å². The van der Waals surface area contributed by atoms with Crippen LogP contribution in [0.3, 0.4) is 0 Å². The molecule has 1 fully saturated rings. The number of carbonyl (C=O) groups excluding carboxylic acids is 2. The van der Waals surface area contributed by atoms with E-state index >= 15 is 0 Å². The zero-order valence-electron chi connectivity index (χ0n) is 16.5. The number of nitrogens with zero attached hydrogens (tertiary/aromatic N) is 2. The second-order valence-corrected chi connectivity index (χ2v) is 10.0. The van der Waals surface area contributed by atoms with E-state index in [0.29, 0.717) is 22.1 Å². The van der Waals surface area contributed by atoms with Crippen LogP contribution in [0, 0.1) is 11.3 Å². The van der Waals surface area contributed by atoms with Crippen molar-refractivity contribution >= 4 is 39.3 Å². The quantitative estimate of drug-likeness (QED) is 0.517. The first kappa shape index (κ1) is 21.1. The maximum Gasteiger partial charge on any atom is 0.271 e. The van der Waals surface area contributed by atoms with Crippen LogP contribution in [0.2, 0.25) is 5.02 Å². The molecule has 2 amide bonds. The summed E-state index contributed by atoms with van der Waals surface area (Å²) in [5.74, 6) is -0.967. The van der Waals surface area contributed by atoms with Gasteiger partial charge in [-0.1, -0.05) is 23.7 Å². The van der Waals surface area contributed by atoms with Crippen molar-refractivity contribution in [2.75, 3.05) is 11.5 Å². The minimum absolute atomic E-state index is 0.0995. The Morgan fingerprint density at radius 3 is 2.58 bits per heavy atom. The van der Waals surface area contributed by atoms with Crippen LogP contribution in [0.25, 0.3) is 17.4 Å². The summed E-state index contributed by atoms with van der Waals surface area (Å²) in [6.45, 7) is 1.51. The summed E-state index contributed by atoms with van der Waals surface area (Å²) in [7, 11) is -3.33. The normalized spacial score (nSPS) is 22.3. The third kappa shape index (κ3) is 3.82. The Morgan fingerprint density at radius 2 is 1.94 bits per heavy atom. The summed E-state index contributed by atoms with van der Waals surface area (Å²) < 4.78 is 29.6. The highest BCUT2D eigenvalue weighted by atomic mass is 35.5. The predicted octanol–water partition coefficient (Wildman–Crippen LogP) is 3.38. The molecule has 158 valence electrons. The molecule has 0 aliphatic carbocycles. The molecule has 0 spiro atoms. The molecule has 3 heterocycles. The smallest absolute Gasteiger partial charge is 0.271 e. The number of furan rings is 1. The van der Waals surface area contributed by atoms with Gasteiger partial charge in [0, 0.05) is 11.1 Å². The Hall–Kier alpha value is -3.15. The zero-order chi connectivity index (χ0) is 22.3. The standard InChI is InChI=1S/C22H17ClN2O5S/c1-13-17(10-15-6-7-20(30-15)16-4-2-3-5-19(16)23)21(26)25(22(27)18(13)11-24)14-8-9-31(28,29)12-14/h2-7,10,14H,8-9,12H2,1H3. The number of carbonyl (C=O) groups is 2. The van der Waals surface area contributed by atoms with Gasteiger partial charge in [0.05, 0.1) is 22.6 Å². The van der Waals surface area contributed by atoms with Crippen molar-refractivity contribution in [3.8, 4) is 17.4 Å². The van der Waals surface area contributed by atoms with Crippen molar-refractivity contribution in [2.24, 2.45) is 0 Å². The summed E-state index contributed by atoms with van der Waals surface area (Å²) in [5.41, 5.74) is 0.834. The number of halogens is 1. The largest absolute Gasteiger partial charge is 0.457 e. The SMILES string of the molecule is CC1=C(C#N)C(=O)N(C2CCS(=O)(=O)C2)C(=O)C1=Cc1ccc(-c2ccccc2Cl)o1. The molecular weight excluding hydrogens is 440 g/mol. The van der Waals surface area contributed by atoms with Crippen LogP contribution in [0.1, 0.15) is 19.1 Å². The Labute approximate surface area is 184 Å². The fraction of sp³-hybridized carbons (Fsp3) is 0.227. The molecule has 0 bridgehead atoms. The van der Waals surface area contributed by atoms with Crippen LogP contribution >= 0.6 is 11.6 Å². The summed E-state index contributed by atoms with van der Waals surface area (Å²) >= 11 is 6.21. The van der Waals surface area contributed by atoms with Gasteiger partial charge in [0.1, 0.15) is 23.2 Å². The Bertz CT molecular complexity index is 1310. The molecule has 2 aliphatic heterocycles. The first-order valence-electron chi connectivity index (χ1n) is 9.48. The molecule has 1 aromatic carbocycles. The average molecular weight is 457 g/mol. The first-order valence-corrected chi connectivity index (χ1v) is 11.7.